The summed E-state index contributed by atoms with van der Waals surface area (Å²) in [5.41, 5.74) is -1.21. The number of carbonyl (C=O) groups excluding carboxylic acids is 1. The first-order valence-electron chi connectivity index (χ1n) is 6.89. The smallest absolute Gasteiger partial charge is 0.329 e. The maximum atomic E-state index is 11.8. The fourth-order valence-corrected chi connectivity index (χ4v) is 2.77. The zero-order chi connectivity index (χ0) is 14.0. The minimum absolute atomic E-state index is 0.266. The zero-order valence-corrected chi connectivity index (χ0v) is 11.4. The number of rotatable bonds is 5. The molecule has 2 rings (SSSR count). The van der Waals surface area contributed by atoms with Crippen LogP contribution < -0.4 is 10.6 Å². The molecule has 2 fully saturated rings. The van der Waals surface area contributed by atoms with E-state index in [1.54, 1.807) is 6.92 Å². The summed E-state index contributed by atoms with van der Waals surface area (Å²) in [6, 6.07) is -0.422. The summed E-state index contributed by atoms with van der Waals surface area (Å²) >= 11 is 0. The predicted octanol–water partition coefficient (Wildman–Crippen LogP) is 1.11. The van der Waals surface area contributed by atoms with Gasteiger partial charge < -0.3 is 20.5 Å². The normalized spacial score (nSPS) is 31.8. The lowest BCUT2D eigenvalue weighted by atomic mass is 9.89. The maximum absolute atomic E-state index is 11.8. The van der Waals surface area contributed by atoms with Crippen molar-refractivity contribution >= 4 is 12.0 Å². The molecule has 4 atom stereocenters. The first-order chi connectivity index (χ1) is 8.94. The molecule has 19 heavy (non-hydrogen) atoms. The van der Waals surface area contributed by atoms with Crippen LogP contribution in [0.15, 0.2) is 0 Å². The van der Waals surface area contributed by atoms with Crippen molar-refractivity contribution in [3.63, 3.8) is 0 Å². The highest BCUT2D eigenvalue weighted by molar-refractivity contribution is 5.85. The van der Waals surface area contributed by atoms with Gasteiger partial charge in [0, 0.05) is 12.5 Å². The molecule has 0 radical (unpaired) electrons. The Bertz CT molecular complexity index is 374. The number of carboxylic acid groups (broad SMARTS) is 1. The van der Waals surface area contributed by atoms with Crippen molar-refractivity contribution in [3.8, 4) is 0 Å². The van der Waals surface area contributed by atoms with Crippen LogP contribution in [0, 0.1) is 5.92 Å². The Labute approximate surface area is 112 Å². The van der Waals surface area contributed by atoms with Gasteiger partial charge in [0.15, 0.2) is 0 Å². The number of aliphatic carboxylic acids is 1. The van der Waals surface area contributed by atoms with Gasteiger partial charge in [-0.15, -0.1) is 0 Å². The minimum Gasteiger partial charge on any atom is -0.480 e. The van der Waals surface area contributed by atoms with Gasteiger partial charge in [0.25, 0.3) is 0 Å². The molecule has 2 aliphatic heterocycles. The van der Waals surface area contributed by atoms with E-state index in [1.165, 1.54) is 6.92 Å². The molecule has 2 amide bonds. The molecule has 2 aliphatic rings. The van der Waals surface area contributed by atoms with Gasteiger partial charge in [0.2, 0.25) is 0 Å². The van der Waals surface area contributed by atoms with Gasteiger partial charge in [-0.1, -0.05) is 6.92 Å². The number of carboxylic acids is 1. The number of carbonyl (C=O) groups is 2. The van der Waals surface area contributed by atoms with Gasteiger partial charge in [-0.05, 0) is 32.6 Å². The quantitative estimate of drug-likeness (QED) is 0.698. The largest absolute Gasteiger partial charge is 0.480 e. The van der Waals surface area contributed by atoms with Crippen molar-refractivity contribution in [1.29, 1.82) is 0 Å². The van der Waals surface area contributed by atoms with Crippen LogP contribution in [0.4, 0.5) is 4.79 Å². The molecule has 2 saturated heterocycles. The Balaban J connectivity index is 1.77. The second kappa shape index (κ2) is 5.36. The van der Waals surface area contributed by atoms with Crippen molar-refractivity contribution in [2.24, 2.45) is 5.92 Å². The van der Waals surface area contributed by atoms with E-state index >= 15 is 0 Å². The molecule has 6 nitrogen and oxygen atoms in total. The standard InChI is InChI=1S/C13H22N2O4/c1-3-13(2,11(16)17)15-12(18)14-7-8-6-9-4-5-10(8)19-9/h8-10H,3-7H2,1-2H3,(H,16,17)(H2,14,15,18). The predicted molar refractivity (Wildman–Crippen MR) is 68.9 cm³/mol. The van der Waals surface area contributed by atoms with Crippen LogP contribution in [0.5, 0.6) is 0 Å². The number of ether oxygens (including phenoxy) is 1. The van der Waals surface area contributed by atoms with E-state index in [4.69, 9.17) is 9.84 Å². The van der Waals surface area contributed by atoms with E-state index < -0.39 is 17.5 Å². The second-order valence-electron chi connectivity index (χ2n) is 5.70. The SMILES string of the molecule is CCC(C)(NC(=O)NCC1CC2CCC1O2)C(=O)O. The minimum atomic E-state index is -1.21. The number of nitrogens with one attached hydrogen (secondary N) is 2. The van der Waals surface area contributed by atoms with Crippen LogP contribution in [0.1, 0.15) is 39.5 Å². The van der Waals surface area contributed by atoms with E-state index in [2.05, 4.69) is 10.6 Å². The Hall–Kier alpha value is -1.30. The van der Waals surface area contributed by atoms with Gasteiger partial charge in [-0.25, -0.2) is 9.59 Å². The summed E-state index contributed by atoms with van der Waals surface area (Å²) < 4.78 is 5.71. The van der Waals surface area contributed by atoms with Crippen molar-refractivity contribution < 1.29 is 19.4 Å². The van der Waals surface area contributed by atoms with Crippen molar-refractivity contribution in [2.45, 2.75) is 57.3 Å². The van der Waals surface area contributed by atoms with Crippen LogP contribution in [0.25, 0.3) is 0 Å². The Morgan fingerprint density at radius 1 is 1.42 bits per heavy atom. The highest BCUT2D eigenvalue weighted by Crippen LogP contribution is 2.38. The number of hydrogen-bond acceptors (Lipinski definition) is 3. The summed E-state index contributed by atoms with van der Waals surface area (Å²) in [7, 11) is 0. The third kappa shape index (κ3) is 3.00. The molecule has 0 aromatic rings. The molecule has 6 heteroatoms. The van der Waals surface area contributed by atoms with Crippen LogP contribution in [0.2, 0.25) is 0 Å². The summed E-state index contributed by atoms with van der Waals surface area (Å²) in [6.45, 7) is 3.79. The van der Waals surface area contributed by atoms with E-state index in [-0.39, 0.29) is 6.10 Å². The third-order valence-electron chi connectivity index (χ3n) is 4.33. The molecule has 0 aromatic carbocycles. The average Bonchev–Trinajstić information content (AvgIpc) is 2.98. The molecule has 0 saturated carbocycles. The average molecular weight is 270 g/mol. The molecule has 0 aromatic heterocycles. The van der Waals surface area contributed by atoms with Gasteiger partial charge in [-0.2, -0.15) is 0 Å². The zero-order valence-electron chi connectivity index (χ0n) is 11.4. The van der Waals surface area contributed by atoms with Crippen molar-refractivity contribution in [2.75, 3.05) is 6.54 Å². The Morgan fingerprint density at radius 2 is 2.16 bits per heavy atom. The summed E-state index contributed by atoms with van der Waals surface area (Å²) in [4.78, 5) is 22.8. The van der Waals surface area contributed by atoms with Crippen LogP contribution in [-0.4, -0.2) is 41.4 Å². The summed E-state index contributed by atoms with van der Waals surface area (Å²) in [6.07, 6.45) is 4.16. The molecular weight excluding hydrogens is 248 g/mol. The molecular formula is C13H22N2O4. The van der Waals surface area contributed by atoms with Gasteiger partial charge in [0.1, 0.15) is 5.54 Å². The van der Waals surface area contributed by atoms with Crippen LogP contribution >= 0.6 is 0 Å². The van der Waals surface area contributed by atoms with Crippen LogP contribution in [-0.2, 0) is 9.53 Å². The second-order valence-corrected chi connectivity index (χ2v) is 5.70. The molecule has 0 spiro atoms. The highest BCUT2D eigenvalue weighted by Gasteiger charge is 2.41. The van der Waals surface area contributed by atoms with Gasteiger partial charge in [0.05, 0.1) is 12.2 Å². The third-order valence-corrected chi connectivity index (χ3v) is 4.33. The first kappa shape index (κ1) is 14.1. The van der Waals surface area contributed by atoms with Crippen LogP contribution in [0.3, 0.4) is 0 Å². The van der Waals surface area contributed by atoms with Gasteiger partial charge >= 0.3 is 12.0 Å². The fourth-order valence-electron chi connectivity index (χ4n) is 2.77. The first-order valence-corrected chi connectivity index (χ1v) is 6.89. The number of urea groups is 1. The Morgan fingerprint density at radius 3 is 2.63 bits per heavy atom. The van der Waals surface area contributed by atoms with Gasteiger partial charge in [-0.3, -0.25) is 0 Å². The number of hydrogen-bond donors (Lipinski definition) is 3. The molecule has 108 valence electrons. The lowest BCUT2D eigenvalue weighted by Gasteiger charge is -2.26. The summed E-state index contributed by atoms with van der Waals surface area (Å²) in [5.74, 6) is -0.657. The fraction of sp³-hybridized carbons (Fsp3) is 0.846. The molecule has 0 aliphatic carbocycles. The van der Waals surface area contributed by atoms with Crippen molar-refractivity contribution in [1.82, 2.24) is 10.6 Å². The summed E-state index contributed by atoms with van der Waals surface area (Å²) in [5, 5.41) is 14.4. The molecule has 3 N–H and O–H groups in total. The van der Waals surface area contributed by atoms with E-state index in [0.717, 1.165) is 19.3 Å². The monoisotopic (exact) mass is 270 g/mol. The van der Waals surface area contributed by atoms with Crippen molar-refractivity contribution in [3.05, 3.63) is 0 Å². The highest BCUT2D eigenvalue weighted by atomic mass is 16.5. The lowest BCUT2D eigenvalue weighted by Crippen LogP contribution is -2.55. The number of fused-ring (bicyclic) bond motifs is 2. The lowest BCUT2D eigenvalue weighted by molar-refractivity contribution is -0.143. The Kier molecular flexibility index (Phi) is 3.99. The maximum Gasteiger partial charge on any atom is 0.329 e. The van der Waals surface area contributed by atoms with E-state index in [0.29, 0.717) is 25.0 Å². The topological polar surface area (TPSA) is 87.7 Å². The molecule has 4 unspecified atom stereocenters. The molecule has 2 heterocycles. The van der Waals surface area contributed by atoms with E-state index in [9.17, 15) is 9.59 Å². The van der Waals surface area contributed by atoms with E-state index in [1.807, 2.05) is 0 Å². The molecule has 2 bridgehead atoms. The number of amides is 2.